The van der Waals surface area contributed by atoms with Gasteiger partial charge in [-0.15, -0.1) is 11.3 Å². The Kier molecular flexibility index (Phi) is 5.25. The summed E-state index contributed by atoms with van der Waals surface area (Å²) < 4.78 is 9.12. The molecule has 46 heavy (non-hydrogen) atoms. The molecule has 9 aromatic rings. The van der Waals surface area contributed by atoms with E-state index in [4.69, 9.17) is 4.42 Å². The van der Waals surface area contributed by atoms with Gasteiger partial charge in [-0.2, -0.15) is 0 Å². The number of nitrogens with zero attached hydrogens (tertiary/aromatic N) is 1. The first-order chi connectivity index (χ1) is 22.6. The summed E-state index contributed by atoms with van der Waals surface area (Å²) in [5.74, 6) is 0. The van der Waals surface area contributed by atoms with Crippen molar-refractivity contribution in [2.24, 2.45) is 0 Å². The highest BCUT2D eigenvalue weighted by molar-refractivity contribution is 7.27. The van der Waals surface area contributed by atoms with Crippen molar-refractivity contribution in [3.8, 4) is 11.1 Å². The molecule has 0 aliphatic heterocycles. The smallest absolute Gasteiger partial charge is 0.144 e. The maximum atomic E-state index is 6.57. The van der Waals surface area contributed by atoms with E-state index in [-0.39, 0.29) is 5.41 Å². The Morgan fingerprint density at radius 1 is 0.522 bits per heavy atom. The van der Waals surface area contributed by atoms with Crippen LogP contribution in [0.1, 0.15) is 25.0 Å². The summed E-state index contributed by atoms with van der Waals surface area (Å²) in [5, 5.41) is 7.34. The number of thiophene rings is 1. The molecule has 0 spiro atoms. The predicted octanol–water partition coefficient (Wildman–Crippen LogP) is 12.9. The molecular formula is C43H29NOS. The minimum atomic E-state index is -0.0826. The molecule has 0 saturated heterocycles. The maximum Gasteiger partial charge on any atom is 0.144 e. The Hall–Kier alpha value is -5.38. The maximum absolute atomic E-state index is 6.57. The van der Waals surface area contributed by atoms with Crippen LogP contribution in [0.3, 0.4) is 0 Å². The van der Waals surface area contributed by atoms with Crippen LogP contribution in [0.4, 0.5) is 17.1 Å². The molecule has 218 valence electrons. The van der Waals surface area contributed by atoms with Crippen molar-refractivity contribution in [3.05, 3.63) is 151 Å². The van der Waals surface area contributed by atoms with E-state index in [9.17, 15) is 0 Å². The topological polar surface area (TPSA) is 16.4 Å². The quantitative estimate of drug-likeness (QED) is 0.199. The fourth-order valence-electron chi connectivity index (χ4n) is 7.92. The lowest BCUT2D eigenvalue weighted by molar-refractivity contribution is 0.660. The van der Waals surface area contributed by atoms with Crippen LogP contribution in [0.2, 0.25) is 0 Å². The van der Waals surface area contributed by atoms with Crippen molar-refractivity contribution in [1.82, 2.24) is 0 Å². The first-order valence-electron chi connectivity index (χ1n) is 15.9. The van der Waals surface area contributed by atoms with Crippen molar-refractivity contribution < 1.29 is 4.42 Å². The second kappa shape index (κ2) is 9.32. The summed E-state index contributed by atoms with van der Waals surface area (Å²) in [7, 11) is 0. The number of benzene rings is 7. The van der Waals surface area contributed by atoms with Gasteiger partial charge in [0.05, 0.1) is 10.4 Å². The Bertz CT molecular complexity index is 2680. The molecule has 10 rings (SSSR count). The van der Waals surface area contributed by atoms with E-state index in [1.807, 2.05) is 11.3 Å². The van der Waals surface area contributed by atoms with Crippen LogP contribution in [0.5, 0.6) is 0 Å². The van der Waals surface area contributed by atoms with Gasteiger partial charge in [0.2, 0.25) is 0 Å². The number of furan rings is 1. The zero-order valence-electron chi connectivity index (χ0n) is 25.5. The Morgan fingerprint density at radius 2 is 1.22 bits per heavy atom. The van der Waals surface area contributed by atoms with E-state index in [1.165, 1.54) is 70.0 Å². The average molecular weight is 608 g/mol. The van der Waals surface area contributed by atoms with Gasteiger partial charge in [-0.25, -0.2) is 0 Å². The minimum absolute atomic E-state index is 0.0826. The van der Waals surface area contributed by atoms with Gasteiger partial charge < -0.3 is 9.32 Å². The second-order valence-corrected chi connectivity index (χ2v) is 13.9. The Labute approximate surface area is 270 Å². The predicted molar refractivity (Wildman–Crippen MR) is 196 cm³/mol. The molecule has 7 aromatic carbocycles. The highest BCUT2D eigenvalue weighted by Crippen LogP contribution is 2.53. The van der Waals surface area contributed by atoms with Crippen LogP contribution >= 0.6 is 11.3 Å². The number of hydrogen-bond donors (Lipinski definition) is 0. The van der Waals surface area contributed by atoms with Gasteiger partial charge in [-0.1, -0.05) is 117 Å². The molecule has 2 nitrogen and oxygen atoms in total. The third-order valence-corrected chi connectivity index (χ3v) is 11.3. The lowest BCUT2D eigenvalue weighted by Gasteiger charge is -2.28. The molecule has 0 fully saturated rings. The Balaban J connectivity index is 1.29. The van der Waals surface area contributed by atoms with E-state index in [0.29, 0.717) is 0 Å². The van der Waals surface area contributed by atoms with Gasteiger partial charge in [-0.05, 0) is 64.0 Å². The molecular weight excluding hydrogens is 579 g/mol. The van der Waals surface area contributed by atoms with E-state index in [1.54, 1.807) is 0 Å². The summed E-state index contributed by atoms with van der Waals surface area (Å²) in [6, 6.07) is 50.7. The summed E-state index contributed by atoms with van der Waals surface area (Å²) in [5.41, 5.74) is 10.7. The van der Waals surface area contributed by atoms with Crippen molar-refractivity contribution in [2.75, 3.05) is 4.90 Å². The minimum Gasteiger partial charge on any atom is -0.455 e. The van der Waals surface area contributed by atoms with E-state index in [2.05, 4.69) is 158 Å². The van der Waals surface area contributed by atoms with Crippen LogP contribution in [0.15, 0.2) is 144 Å². The second-order valence-electron chi connectivity index (χ2n) is 12.9. The number of para-hydroxylation sites is 2. The highest BCUT2D eigenvalue weighted by Gasteiger charge is 2.36. The van der Waals surface area contributed by atoms with E-state index in [0.717, 1.165) is 22.2 Å². The first kappa shape index (κ1) is 25.9. The summed E-state index contributed by atoms with van der Waals surface area (Å²) in [6.07, 6.45) is 0. The summed E-state index contributed by atoms with van der Waals surface area (Å²) >= 11 is 1.88. The molecule has 0 atom stereocenters. The van der Waals surface area contributed by atoms with Crippen LogP contribution < -0.4 is 4.90 Å². The zero-order valence-corrected chi connectivity index (χ0v) is 26.4. The van der Waals surface area contributed by atoms with Crippen molar-refractivity contribution in [3.63, 3.8) is 0 Å². The molecule has 0 saturated carbocycles. The van der Waals surface area contributed by atoms with Gasteiger partial charge in [0, 0.05) is 48.4 Å². The molecule has 2 aromatic heterocycles. The number of hydrogen-bond acceptors (Lipinski definition) is 3. The lowest BCUT2D eigenvalue weighted by Crippen LogP contribution is -2.16. The van der Waals surface area contributed by atoms with Crippen molar-refractivity contribution in [1.29, 1.82) is 0 Å². The number of anilines is 3. The van der Waals surface area contributed by atoms with Crippen LogP contribution in [0.25, 0.3) is 64.0 Å². The van der Waals surface area contributed by atoms with Crippen LogP contribution in [-0.2, 0) is 5.41 Å². The van der Waals surface area contributed by atoms with Crippen LogP contribution in [-0.4, -0.2) is 0 Å². The van der Waals surface area contributed by atoms with Gasteiger partial charge in [0.25, 0.3) is 0 Å². The zero-order chi connectivity index (χ0) is 30.6. The summed E-state index contributed by atoms with van der Waals surface area (Å²) in [6.45, 7) is 4.71. The molecule has 0 unspecified atom stereocenters. The third kappa shape index (κ3) is 3.41. The molecule has 0 bridgehead atoms. The lowest BCUT2D eigenvalue weighted by atomic mass is 9.82. The number of fused-ring (bicyclic) bond motifs is 13. The molecule has 0 radical (unpaired) electrons. The molecule has 2 heterocycles. The van der Waals surface area contributed by atoms with Crippen molar-refractivity contribution >= 4 is 81.3 Å². The standard InChI is InChI=1S/C43H29NOS/c1-43(2)34-20-10-8-15-28(34)29-24-23-27(25-35(29)43)44(26-13-4-3-5-14-26)36-21-12-19-33-38-30-16-6-7-17-31(30)40-39(42(38)46-41(33)36)32-18-9-11-22-37(32)45-40/h3-25H,1-2H3. The fourth-order valence-corrected chi connectivity index (χ4v) is 9.29. The van der Waals surface area contributed by atoms with Gasteiger partial charge in [-0.3, -0.25) is 0 Å². The van der Waals surface area contributed by atoms with E-state index < -0.39 is 0 Å². The van der Waals surface area contributed by atoms with Crippen molar-refractivity contribution in [2.45, 2.75) is 19.3 Å². The SMILES string of the molecule is CC1(C)c2ccccc2-c2ccc(N(c3ccccc3)c3cccc4c3sc3c4c4ccccc4c4oc5ccccc5c43)cc21. The molecule has 0 amide bonds. The summed E-state index contributed by atoms with van der Waals surface area (Å²) in [4.78, 5) is 2.45. The highest BCUT2D eigenvalue weighted by atomic mass is 32.1. The van der Waals surface area contributed by atoms with E-state index >= 15 is 0 Å². The largest absolute Gasteiger partial charge is 0.455 e. The van der Waals surface area contributed by atoms with Gasteiger partial charge in [0.1, 0.15) is 11.2 Å². The third-order valence-electron chi connectivity index (χ3n) is 10.0. The van der Waals surface area contributed by atoms with Gasteiger partial charge >= 0.3 is 0 Å². The number of rotatable bonds is 3. The first-order valence-corrected chi connectivity index (χ1v) is 16.7. The normalized spacial score (nSPS) is 13.6. The Morgan fingerprint density at radius 3 is 2.09 bits per heavy atom. The average Bonchev–Trinajstić information content (AvgIpc) is 3.75. The molecule has 0 N–H and O–H groups in total. The van der Waals surface area contributed by atoms with Gasteiger partial charge in [0.15, 0.2) is 0 Å². The monoisotopic (exact) mass is 607 g/mol. The molecule has 1 aliphatic carbocycles. The molecule has 3 heteroatoms. The fraction of sp³-hybridized carbons (Fsp3) is 0.0698. The molecule has 1 aliphatic rings. The van der Waals surface area contributed by atoms with Crippen LogP contribution in [0, 0.1) is 0 Å².